The van der Waals surface area contributed by atoms with Gasteiger partial charge in [0.2, 0.25) is 0 Å². The molecule has 0 bridgehead atoms. The lowest BCUT2D eigenvalue weighted by Crippen LogP contribution is -2.48. The molecule has 2 rings (SSSR count). The Morgan fingerprint density at radius 2 is 1.65 bits per heavy atom. The van der Waals surface area contributed by atoms with Gasteiger partial charge >= 0.3 is 0 Å². The molecule has 0 radical (unpaired) electrons. The summed E-state index contributed by atoms with van der Waals surface area (Å²) in [4.78, 5) is 2.49. The van der Waals surface area contributed by atoms with Crippen LogP contribution in [0.5, 0.6) is 0 Å². The van der Waals surface area contributed by atoms with Gasteiger partial charge in [-0.05, 0) is 31.6 Å². The first-order valence-corrected chi connectivity index (χ1v) is 8.65. The second-order valence-corrected chi connectivity index (χ2v) is 7.33. The van der Waals surface area contributed by atoms with E-state index in [4.69, 9.17) is 0 Å². The van der Waals surface area contributed by atoms with Crippen LogP contribution < -0.4 is 0 Å². The van der Waals surface area contributed by atoms with Crippen molar-refractivity contribution in [2.45, 2.75) is 70.8 Å². The zero-order chi connectivity index (χ0) is 14.4. The van der Waals surface area contributed by atoms with Crippen LogP contribution in [0.4, 0.5) is 0 Å². The molecule has 2 N–H and O–H groups in total. The summed E-state index contributed by atoms with van der Waals surface area (Å²) < 4.78 is 0. The van der Waals surface area contributed by atoms with E-state index in [0.29, 0.717) is 12.6 Å². The van der Waals surface area contributed by atoms with Crippen LogP contribution in [0.3, 0.4) is 0 Å². The van der Waals surface area contributed by atoms with Crippen molar-refractivity contribution in [3.63, 3.8) is 0 Å². The maximum Gasteiger partial charge on any atom is 0.0558 e. The Balaban J connectivity index is 1.97. The highest BCUT2D eigenvalue weighted by Gasteiger charge is 2.36. The van der Waals surface area contributed by atoms with Gasteiger partial charge in [0.1, 0.15) is 0 Å². The molecule has 2 aliphatic rings. The van der Waals surface area contributed by atoms with Crippen LogP contribution in [0.15, 0.2) is 0 Å². The standard InChI is InChI=1S/C17H33NO2/c1-15-7-9-17(14-20,10-8-15)13-18(11-12-19)16-5-3-2-4-6-16/h15-16,19-20H,2-14H2,1H3. The fourth-order valence-corrected chi connectivity index (χ4v) is 4.14. The third kappa shape index (κ3) is 4.19. The number of nitrogens with zero attached hydrogens (tertiary/aromatic N) is 1. The summed E-state index contributed by atoms with van der Waals surface area (Å²) in [5, 5.41) is 19.3. The van der Waals surface area contributed by atoms with Crippen molar-refractivity contribution in [3.05, 3.63) is 0 Å². The molecule has 0 aromatic rings. The van der Waals surface area contributed by atoms with Gasteiger partial charge in [-0.1, -0.05) is 39.0 Å². The van der Waals surface area contributed by atoms with Crippen LogP contribution in [0.2, 0.25) is 0 Å². The van der Waals surface area contributed by atoms with Gasteiger partial charge < -0.3 is 10.2 Å². The maximum absolute atomic E-state index is 9.95. The third-order valence-electron chi connectivity index (χ3n) is 5.69. The fraction of sp³-hybridized carbons (Fsp3) is 1.00. The summed E-state index contributed by atoms with van der Waals surface area (Å²) in [5.74, 6) is 0.815. The normalized spacial score (nSPS) is 32.7. The predicted octanol–water partition coefficient (Wildman–Crippen LogP) is 2.80. The molecule has 2 fully saturated rings. The first kappa shape index (κ1) is 16.3. The van der Waals surface area contributed by atoms with Crippen LogP contribution in [0, 0.1) is 11.3 Å². The molecule has 20 heavy (non-hydrogen) atoms. The minimum absolute atomic E-state index is 0.0964. The molecule has 0 amide bonds. The number of aliphatic hydroxyl groups is 2. The lowest BCUT2D eigenvalue weighted by molar-refractivity contribution is 0.00357. The quantitative estimate of drug-likeness (QED) is 0.788. The van der Waals surface area contributed by atoms with Crippen molar-refractivity contribution in [2.75, 3.05) is 26.3 Å². The second-order valence-electron chi connectivity index (χ2n) is 7.33. The molecule has 0 unspecified atom stereocenters. The van der Waals surface area contributed by atoms with E-state index < -0.39 is 0 Å². The molecule has 0 aromatic heterocycles. The van der Waals surface area contributed by atoms with Crippen molar-refractivity contribution in [3.8, 4) is 0 Å². The van der Waals surface area contributed by atoms with Crippen LogP contribution >= 0.6 is 0 Å². The number of aliphatic hydroxyl groups excluding tert-OH is 2. The molecule has 0 saturated heterocycles. The molecule has 0 aliphatic heterocycles. The van der Waals surface area contributed by atoms with Crippen molar-refractivity contribution < 1.29 is 10.2 Å². The summed E-state index contributed by atoms with van der Waals surface area (Å²) >= 11 is 0. The highest BCUT2D eigenvalue weighted by Crippen LogP contribution is 2.40. The molecule has 2 saturated carbocycles. The highest BCUT2D eigenvalue weighted by molar-refractivity contribution is 4.89. The van der Waals surface area contributed by atoms with E-state index >= 15 is 0 Å². The van der Waals surface area contributed by atoms with Gasteiger partial charge in [0, 0.05) is 31.2 Å². The minimum atomic E-state index is 0.0964. The second kappa shape index (κ2) is 7.77. The maximum atomic E-state index is 9.95. The zero-order valence-electron chi connectivity index (χ0n) is 13.2. The van der Waals surface area contributed by atoms with Gasteiger partial charge in [0.05, 0.1) is 6.61 Å². The summed E-state index contributed by atoms with van der Waals surface area (Å²) in [5.41, 5.74) is 0.0964. The first-order chi connectivity index (χ1) is 9.69. The van der Waals surface area contributed by atoms with E-state index in [1.165, 1.54) is 44.9 Å². The molecule has 3 heteroatoms. The predicted molar refractivity (Wildman–Crippen MR) is 82.7 cm³/mol. The van der Waals surface area contributed by atoms with E-state index in [1.54, 1.807) is 0 Å². The average Bonchev–Trinajstić information content (AvgIpc) is 2.50. The number of hydrogen-bond donors (Lipinski definition) is 2. The Kier molecular flexibility index (Phi) is 6.31. The molecule has 0 heterocycles. The topological polar surface area (TPSA) is 43.7 Å². The van der Waals surface area contributed by atoms with E-state index in [0.717, 1.165) is 31.8 Å². The zero-order valence-corrected chi connectivity index (χ0v) is 13.2. The SMILES string of the molecule is CC1CCC(CO)(CN(CCO)C2CCCCC2)CC1. The van der Waals surface area contributed by atoms with Crippen molar-refractivity contribution in [1.82, 2.24) is 4.90 Å². The molecule has 0 spiro atoms. The molecular formula is C17H33NO2. The third-order valence-corrected chi connectivity index (χ3v) is 5.69. The lowest BCUT2D eigenvalue weighted by Gasteiger charge is -2.44. The smallest absolute Gasteiger partial charge is 0.0558 e. The summed E-state index contributed by atoms with van der Waals surface area (Å²) in [7, 11) is 0. The van der Waals surface area contributed by atoms with E-state index in [2.05, 4.69) is 11.8 Å². The van der Waals surface area contributed by atoms with Crippen molar-refractivity contribution in [1.29, 1.82) is 0 Å². The van der Waals surface area contributed by atoms with Crippen molar-refractivity contribution >= 4 is 0 Å². The Morgan fingerprint density at radius 1 is 1.00 bits per heavy atom. The van der Waals surface area contributed by atoms with Gasteiger partial charge in [-0.15, -0.1) is 0 Å². The van der Waals surface area contributed by atoms with Crippen LogP contribution in [-0.2, 0) is 0 Å². The minimum Gasteiger partial charge on any atom is -0.396 e. The van der Waals surface area contributed by atoms with E-state index in [-0.39, 0.29) is 12.0 Å². The molecule has 0 aromatic carbocycles. The van der Waals surface area contributed by atoms with E-state index in [9.17, 15) is 10.2 Å². The van der Waals surface area contributed by atoms with Gasteiger partial charge in [-0.2, -0.15) is 0 Å². The monoisotopic (exact) mass is 283 g/mol. The largest absolute Gasteiger partial charge is 0.396 e. The van der Waals surface area contributed by atoms with Crippen LogP contribution in [-0.4, -0.2) is 47.5 Å². The van der Waals surface area contributed by atoms with Crippen molar-refractivity contribution in [2.24, 2.45) is 11.3 Å². The Bertz CT molecular complexity index is 268. The van der Waals surface area contributed by atoms with Gasteiger partial charge in [-0.25, -0.2) is 0 Å². The van der Waals surface area contributed by atoms with E-state index in [1.807, 2.05) is 0 Å². The average molecular weight is 283 g/mol. The Labute approximate surface area is 124 Å². The summed E-state index contributed by atoms with van der Waals surface area (Å²) in [6, 6.07) is 0.638. The van der Waals surface area contributed by atoms with Gasteiger partial charge in [-0.3, -0.25) is 4.90 Å². The number of rotatable bonds is 6. The van der Waals surface area contributed by atoms with Gasteiger partial charge in [0.15, 0.2) is 0 Å². The molecule has 0 atom stereocenters. The molecule has 118 valence electrons. The summed E-state index contributed by atoms with van der Waals surface area (Å²) in [6.45, 7) is 4.65. The highest BCUT2D eigenvalue weighted by atomic mass is 16.3. The molecule has 2 aliphatic carbocycles. The number of hydrogen-bond acceptors (Lipinski definition) is 3. The fourth-order valence-electron chi connectivity index (χ4n) is 4.14. The molecular weight excluding hydrogens is 250 g/mol. The first-order valence-electron chi connectivity index (χ1n) is 8.65. The van der Waals surface area contributed by atoms with Crippen LogP contribution in [0.1, 0.15) is 64.7 Å². The van der Waals surface area contributed by atoms with Gasteiger partial charge in [0.25, 0.3) is 0 Å². The molecule has 3 nitrogen and oxygen atoms in total. The summed E-state index contributed by atoms with van der Waals surface area (Å²) in [6.07, 6.45) is 11.4. The van der Waals surface area contributed by atoms with Crippen LogP contribution in [0.25, 0.3) is 0 Å². The Morgan fingerprint density at radius 3 is 2.20 bits per heavy atom. The lowest BCUT2D eigenvalue weighted by atomic mass is 9.70. The Hall–Kier alpha value is -0.120.